The van der Waals surface area contributed by atoms with Crippen LogP contribution in [0.4, 0.5) is 17.5 Å². The molecule has 1 saturated heterocycles. The van der Waals surface area contributed by atoms with Gasteiger partial charge in [-0.25, -0.2) is 13.4 Å². The van der Waals surface area contributed by atoms with Gasteiger partial charge in [-0.1, -0.05) is 30.3 Å². The van der Waals surface area contributed by atoms with Crippen molar-refractivity contribution in [2.75, 3.05) is 54.9 Å². The van der Waals surface area contributed by atoms with Crippen LogP contribution in [0.15, 0.2) is 41.9 Å². The van der Waals surface area contributed by atoms with E-state index < -0.39 is 10.0 Å². The number of rotatable bonds is 6. The van der Waals surface area contributed by atoms with Crippen LogP contribution in [0.3, 0.4) is 0 Å². The zero-order chi connectivity index (χ0) is 19.3. The molecule has 0 spiro atoms. The lowest BCUT2D eigenvalue weighted by Crippen LogP contribution is -2.37. The largest absolute Gasteiger partial charge is 0.378 e. The van der Waals surface area contributed by atoms with Crippen molar-refractivity contribution in [1.82, 2.24) is 9.97 Å². The normalized spacial score (nSPS) is 15.1. The Kier molecular flexibility index (Phi) is 5.92. The monoisotopic (exact) mass is 389 g/mol. The molecule has 1 fully saturated rings. The van der Waals surface area contributed by atoms with Crippen molar-refractivity contribution in [3.8, 4) is 0 Å². The number of ether oxygens (including phenoxy) is 1. The molecule has 1 aliphatic heterocycles. The van der Waals surface area contributed by atoms with Gasteiger partial charge in [0.05, 0.1) is 24.8 Å². The van der Waals surface area contributed by atoms with E-state index in [4.69, 9.17) is 4.74 Å². The van der Waals surface area contributed by atoms with E-state index in [-0.39, 0.29) is 0 Å². The Morgan fingerprint density at radius 2 is 1.89 bits per heavy atom. The molecule has 8 nitrogen and oxygen atoms in total. The molecule has 0 aliphatic carbocycles. The summed E-state index contributed by atoms with van der Waals surface area (Å²) in [6, 6.07) is 9.24. The van der Waals surface area contributed by atoms with Crippen LogP contribution in [0.25, 0.3) is 6.08 Å². The Balaban J connectivity index is 1.81. The number of sulfonamides is 1. The predicted octanol–water partition coefficient (Wildman–Crippen LogP) is 1.79. The fourth-order valence-corrected chi connectivity index (χ4v) is 3.47. The molecule has 1 aromatic heterocycles. The Morgan fingerprint density at radius 3 is 2.56 bits per heavy atom. The molecule has 27 heavy (non-hydrogen) atoms. The molecule has 2 aromatic rings. The van der Waals surface area contributed by atoms with Crippen LogP contribution in [0.2, 0.25) is 0 Å². The SMILES string of the molecule is CN(C)c1nc(N2CCOCC2)ncc1NS(=O)(=O)/C=C/c1ccccc1. The highest BCUT2D eigenvalue weighted by molar-refractivity contribution is 7.95. The molecule has 0 amide bonds. The topological polar surface area (TPSA) is 87.7 Å². The summed E-state index contributed by atoms with van der Waals surface area (Å²) in [5.74, 6) is 1.06. The molecule has 0 atom stereocenters. The Hall–Kier alpha value is -2.65. The van der Waals surface area contributed by atoms with Crippen LogP contribution in [-0.2, 0) is 14.8 Å². The van der Waals surface area contributed by atoms with Crippen molar-refractivity contribution in [3.05, 3.63) is 47.5 Å². The summed E-state index contributed by atoms with van der Waals surface area (Å²) in [6.07, 6.45) is 3.04. The lowest BCUT2D eigenvalue weighted by Gasteiger charge is -2.28. The number of hydrogen-bond donors (Lipinski definition) is 1. The number of nitrogens with one attached hydrogen (secondary N) is 1. The smallest absolute Gasteiger partial charge is 0.255 e. The number of hydrogen-bond acceptors (Lipinski definition) is 7. The van der Waals surface area contributed by atoms with Gasteiger partial charge < -0.3 is 14.5 Å². The first-order valence-corrected chi connectivity index (χ1v) is 10.1. The zero-order valence-corrected chi connectivity index (χ0v) is 16.2. The third-order valence-corrected chi connectivity index (χ3v) is 4.96. The Morgan fingerprint density at radius 1 is 1.19 bits per heavy atom. The minimum Gasteiger partial charge on any atom is -0.378 e. The molecular weight excluding hydrogens is 366 g/mol. The first-order chi connectivity index (χ1) is 12.9. The molecule has 2 heterocycles. The van der Waals surface area contributed by atoms with Gasteiger partial charge in [0.15, 0.2) is 5.82 Å². The van der Waals surface area contributed by atoms with Crippen molar-refractivity contribution < 1.29 is 13.2 Å². The van der Waals surface area contributed by atoms with Gasteiger partial charge in [-0.3, -0.25) is 4.72 Å². The van der Waals surface area contributed by atoms with Gasteiger partial charge in [0.2, 0.25) is 5.95 Å². The molecule has 0 unspecified atom stereocenters. The average Bonchev–Trinajstić information content (AvgIpc) is 2.68. The summed E-state index contributed by atoms with van der Waals surface area (Å²) in [5, 5.41) is 1.14. The molecule has 0 bridgehead atoms. The summed E-state index contributed by atoms with van der Waals surface area (Å²) in [5.41, 5.74) is 1.13. The van der Waals surface area contributed by atoms with Crippen LogP contribution < -0.4 is 14.5 Å². The maximum atomic E-state index is 12.4. The number of benzene rings is 1. The second kappa shape index (κ2) is 8.36. The van der Waals surface area contributed by atoms with Gasteiger partial charge in [-0.05, 0) is 11.6 Å². The zero-order valence-electron chi connectivity index (χ0n) is 15.4. The van der Waals surface area contributed by atoms with E-state index in [1.807, 2.05) is 49.3 Å². The van der Waals surface area contributed by atoms with E-state index >= 15 is 0 Å². The maximum absolute atomic E-state index is 12.4. The first-order valence-electron chi connectivity index (χ1n) is 8.57. The molecule has 9 heteroatoms. The third-order valence-electron chi connectivity index (χ3n) is 3.96. The highest BCUT2D eigenvalue weighted by atomic mass is 32.2. The van der Waals surface area contributed by atoms with Gasteiger partial charge in [0, 0.05) is 27.2 Å². The summed E-state index contributed by atoms with van der Waals surface area (Å²) in [7, 11) is -0.0802. The second-order valence-electron chi connectivity index (χ2n) is 6.26. The molecule has 1 aliphatic rings. The molecular formula is C18H23N5O3S. The van der Waals surface area contributed by atoms with Crippen molar-refractivity contribution in [2.24, 2.45) is 0 Å². The number of morpholine rings is 1. The number of anilines is 3. The van der Waals surface area contributed by atoms with Crippen LogP contribution in [0, 0.1) is 0 Å². The summed E-state index contributed by atoms with van der Waals surface area (Å²) in [4.78, 5) is 12.6. The third kappa shape index (κ3) is 5.18. The summed E-state index contributed by atoms with van der Waals surface area (Å²) < 4.78 is 32.8. The lowest BCUT2D eigenvalue weighted by molar-refractivity contribution is 0.122. The predicted molar refractivity (Wildman–Crippen MR) is 107 cm³/mol. The van der Waals surface area contributed by atoms with Crippen LogP contribution in [0.5, 0.6) is 0 Å². The lowest BCUT2D eigenvalue weighted by atomic mass is 10.2. The van der Waals surface area contributed by atoms with Gasteiger partial charge in [0.1, 0.15) is 5.69 Å². The van der Waals surface area contributed by atoms with Crippen LogP contribution in [0.1, 0.15) is 5.56 Å². The highest BCUT2D eigenvalue weighted by Crippen LogP contribution is 2.25. The maximum Gasteiger partial charge on any atom is 0.255 e. The van der Waals surface area contributed by atoms with Gasteiger partial charge in [-0.15, -0.1) is 0 Å². The number of nitrogens with zero attached hydrogens (tertiary/aromatic N) is 4. The van der Waals surface area contributed by atoms with Crippen molar-refractivity contribution >= 4 is 33.6 Å². The van der Waals surface area contributed by atoms with E-state index in [0.29, 0.717) is 43.8 Å². The molecule has 144 valence electrons. The Bertz CT molecular complexity index is 894. The quantitative estimate of drug-likeness (QED) is 0.806. The Labute approximate surface area is 159 Å². The van der Waals surface area contributed by atoms with Gasteiger partial charge in [-0.2, -0.15) is 4.98 Å². The molecule has 3 rings (SSSR count). The van der Waals surface area contributed by atoms with E-state index in [1.165, 1.54) is 6.20 Å². The van der Waals surface area contributed by atoms with E-state index in [2.05, 4.69) is 14.7 Å². The summed E-state index contributed by atoms with van der Waals surface area (Å²) >= 11 is 0. The van der Waals surface area contributed by atoms with Crippen molar-refractivity contribution in [2.45, 2.75) is 0 Å². The fourth-order valence-electron chi connectivity index (χ4n) is 2.61. The summed E-state index contributed by atoms with van der Waals surface area (Å²) in [6.45, 7) is 2.66. The standard InChI is InChI=1S/C18H23N5O3S/c1-22(2)17-16(14-19-18(20-17)23-9-11-26-12-10-23)21-27(24,25)13-8-15-6-4-3-5-7-15/h3-8,13-14,21H,9-12H2,1-2H3/b13-8+. The van der Waals surface area contributed by atoms with Gasteiger partial charge >= 0.3 is 0 Å². The van der Waals surface area contributed by atoms with Crippen molar-refractivity contribution in [3.63, 3.8) is 0 Å². The first kappa shape index (κ1) is 19.1. The average molecular weight is 389 g/mol. The molecule has 1 N–H and O–H groups in total. The van der Waals surface area contributed by atoms with E-state index in [9.17, 15) is 8.42 Å². The minimum atomic E-state index is -3.70. The molecule has 1 aromatic carbocycles. The molecule has 0 saturated carbocycles. The van der Waals surface area contributed by atoms with Crippen LogP contribution in [-0.4, -0.2) is 58.8 Å². The fraction of sp³-hybridized carbons (Fsp3) is 0.333. The van der Waals surface area contributed by atoms with E-state index in [1.54, 1.807) is 11.0 Å². The van der Waals surface area contributed by atoms with Crippen LogP contribution >= 0.6 is 0 Å². The van der Waals surface area contributed by atoms with Crippen molar-refractivity contribution in [1.29, 1.82) is 0 Å². The second-order valence-corrected chi connectivity index (χ2v) is 7.83. The highest BCUT2D eigenvalue weighted by Gasteiger charge is 2.18. The minimum absolute atomic E-state index is 0.328. The van der Waals surface area contributed by atoms with Gasteiger partial charge in [0.25, 0.3) is 10.0 Å². The van der Waals surface area contributed by atoms with E-state index in [0.717, 1.165) is 11.0 Å². The number of aromatic nitrogens is 2. The molecule has 0 radical (unpaired) electrons.